The van der Waals surface area contributed by atoms with Gasteiger partial charge in [0, 0.05) is 31.9 Å². The van der Waals surface area contributed by atoms with E-state index in [1.54, 1.807) is 6.20 Å². The average Bonchev–Trinajstić information content (AvgIpc) is 2.93. The molecule has 3 rings (SSSR count). The van der Waals surface area contributed by atoms with Gasteiger partial charge in [-0.15, -0.1) is 0 Å². The normalized spacial score (nSPS) is 31.3. The lowest BCUT2D eigenvalue weighted by Crippen LogP contribution is -2.33. The van der Waals surface area contributed by atoms with E-state index in [4.69, 9.17) is 5.26 Å². The molecule has 0 saturated carbocycles. The summed E-state index contributed by atoms with van der Waals surface area (Å²) in [5, 5.41) is 12.2. The second kappa shape index (κ2) is 4.01. The largest absolute Gasteiger partial charge is 0.353 e. The van der Waals surface area contributed by atoms with Crippen LogP contribution in [0.1, 0.15) is 12.5 Å². The second-order valence-corrected chi connectivity index (χ2v) is 4.99. The van der Waals surface area contributed by atoms with Crippen molar-refractivity contribution in [3.05, 3.63) is 23.9 Å². The van der Waals surface area contributed by atoms with Gasteiger partial charge in [-0.25, -0.2) is 4.98 Å². The fraction of sp³-hybridized carbons (Fsp3) is 0.538. The van der Waals surface area contributed by atoms with Crippen LogP contribution in [0.3, 0.4) is 0 Å². The number of hydrogen-bond acceptors (Lipinski definition) is 4. The van der Waals surface area contributed by atoms with Crippen molar-refractivity contribution in [2.75, 3.05) is 24.5 Å². The highest BCUT2D eigenvalue weighted by atomic mass is 15.3. The number of fused-ring (bicyclic) bond motifs is 1. The van der Waals surface area contributed by atoms with E-state index in [9.17, 15) is 0 Å². The minimum absolute atomic E-state index is 0.537. The molecule has 3 unspecified atom stereocenters. The number of nitriles is 1. The van der Waals surface area contributed by atoms with Crippen molar-refractivity contribution >= 4 is 5.82 Å². The minimum atomic E-state index is 0.537. The average molecular weight is 228 g/mol. The van der Waals surface area contributed by atoms with Gasteiger partial charge in [-0.3, -0.25) is 0 Å². The molecule has 3 atom stereocenters. The Hall–Kier alpha value is -1.60. The van der Waals surface area contributed by atoms with Gasteiger partial charge >= 0.3 is 0 Å². The SMILES string of the molecule is CC1C2CNCC2CN1c1ccc(C#N)cn1. The predicted molar refractivity (Wildman–Crippen MR) is 65.6 cm³/mol. The molecule has 0 spiro atoms. The first-order chi connectivity index (χ1) is 8.29. The van der Waals surface area contributed by atoms with Crippen molar-refractivity contribution in [2.24, 2.45) is 11.8 Å². The molecular weight excluding hydrogens is 212 g/mol. The van der Waals surface area contributed by atoms with Gasteiger partial charge in [0.05, 0.1) is 5.56 Å². The van der Waals surface area contributed by atoms with Crippen LogP contribution in [-0.4, -0.2) is 30.7 Å². The maximum absolute atomic E-state index is 8.77. The smallest absolute Gasteiger partial charge is 0.128 e. The molecule has 2 aliphatic heterocycles. The summed E-state index contributed by atoms with van der Waals surface area (Å²) in [6.07, 6.45) is 1.66. The quantitative estimate of drug-likeness (QED) is 0.779. The number of pyridine rings is 1. The zero-order valence-corrected chi connectivity index (χ0v) is 9.93. The Morgan fingerprint density at radius 2 is 2.35 bits per heavy atom. The van der Waals surface area contributed by atoms with Crippen LogP contribution in [0.15, 0.2) is 18.3 Å². The molecule has 1 aromatic heterocycles. The third kappa shape index (κ3) is 1.67. The van der Waals surface area contributed by atoms with Gasteiger partial charge in [0.1, 0.15) is 11.9 Å². The number of hydrogen-bond donors (Lipinski definition) is 1. The molecule has 88 valence electrons. The maximum Gasteiger partial charge on any atom is 0.128 e. The third-order valence-corrected chi connectivity index (χ3v) is 4.11. The van der Waals surface area contributed by atoms with Crippen LogP contribution >= 0.6 is 0 Å². The molecule has 3 heterocycles. The highest BCUT2D eigenvalue weighted by Crippen LogP contribution is 2.34. The second-order valence-electron chi connectivity index (χ2n) is 4.99. The summed E-state index contributed by atoms with van der Waals surface area (Å²) in [4.78, 5) is 6.76. The fourth-order valence-corrected chi connectivity index (χ4v) is 3.09. The summed E-state index contributed by atoms with van der Waals surface area (Å²) in [5.41, 5.74) is 0.627. The predicted octanol–water partition coefficient (Wildman–Crippen LogP) is 0.997. The van der Waals surface area contributed by atoms with Gasteiger partial charge in [-0.05, 0) is 30.9 Å². The molecule has 1 aromatic rings. The Labute approximate surface area is 101 Å². The van der Waals surface area contributed by atoms with Crippen molar-refractivity contribution in [1.29, 1.82) is 5.26 Å². The Bertz CT molecular complexity index is 447. The van der Waals surface area contributed by atoms with Crippen LogP contribution < -0.4 is 10.2 Å². The highest BCUT2D eigenvalue weighted by molar-refractivity contribution is 5.44. The van der Waals surface area contributed by atoms with Crippen LogP contribution in [0.2, 0.25) is 0 Å². The molecule has 17 heavy (non-hydrogen) atoms. The van der Waals surface area contributed by atoms with Gasteiger partial charge in [0.25, 0.3) is 0 Å². The van der Waals surface area contributed by atoms with Crippen molar-refractivity contribution in [2.45, 2.75) is 13.0 Å². The molecule has 1 N–H and O–H groups in total. The van der Waals surface area contributed by atoms with Gasteiger partial charge < -0.3 is 10.2 Å². The van der Waals surface area contributed by atoms with Gasteiger partial charge in [0.2, 0.25) is 0 Å². The Balaban J connectivity index is 1.83. The molecular formula is C13H16N4. The molecule has 4 nitrogen and oxygen atoms in total. The van der Waals surface area contributed by atoms with Crippen molar-refractivity contribution in [3.8, 4) is 6.07 Å². The van der Waals surface area contributed by atoms with Crippen LogP contribution in [0.4, 0.5) is 5.82 Å². The summed E-state index contributed by atoms with van der Waals surface area (Å²) < 4.78 is 0. The first-order valence-corrected chi connectivity index (χ1v) is 6.13. The van der Waals surface area contributed by atoms with E-state index in [1.165, 1.54) is 0 Å². The van der Waals surface area contributed by atoms with Crippen LogP contribution in [-0.2, 0) is 0 Å². The number of anilines is 1. The van der Waals surface area contributed by atoms with Crippen molar-refractivity contribution < 1.29 is 0 Å². The number of nitrogens with one attached hydrogen (secondary N) is 1. The zero-order valence-electron chi connectivity index (χ0n) is 9.93. The van der Waals surface area contributed by atoms with Crippen LogP contribution in [0, 0.1) is 23.2 Å². The van der Waals surface area contributed by atoms with E-state index >= 15 is 0 Å². The molecule has 0 radical (unpaired) electrons. The molecule has 2 saturated heterocycles. The molecule has 2 fully saturated rings. The Morgan fingerprint density at radius 1 is 1.47 bits per heavy atom. The number of rotatable bonds is 1. The summed E-state index contributed by atoms with van der Waals surface area (Å²) in [6, 6.07) is 6.45. The first kappa shape index (κ1) is 10.5. The Kier molecular flexibility index (Phi) is 2.49. The monoisotopic (exact) mass is 228 g/mol. The van der Waals surface area contributed by atoms with Crippen LogP contribution in [0.25, 0.3) is 0 Å². The maximum atomic E-state index is 8.77. The van der Waals surface area contributed by atoms with Gasteiger partial charge in [-0.2, -0.15) is 5.26 Å². The van der Waals surface area contributed by atoms with Crippen molar-refractivity contribution in [3.63, 3.8) is 0 Å². The van der Waals surface area contributed by atoms with E-state index in [0.29, 0.717) is 11.6 Å². The van der Waals surface area contributed by atoms with Gasteiger partial charge in [0.15, 0.2) is 0 Å². The topological polar surface area (TPSA) is 52.0 Å². The molecule has 4 heteroatoms. The minimum Gasteiger partial charge on any atom is -0.353 e. The third-order valence-electron chi connectivity index (χ3n) is 4.11. The lowest BCUT2D eigenvalue weighted by atomic mass is 9.95. The molecule has 2 aliphatic rings. The summed E-state index contributed by atoms with van der Waals surface area (Å²) in [7, 11) is 0. The number of aromatic nitrogens is 1. The van der Waals surface area contributed by atoms with Crippen LogP contribution in [0.5, 0.6) is 0 Å². The zero-order chi connectivity index (χ0) is 11.8. The standard InChI is InChI=1S/C13H16N4/c1-9-12-7-15-6-11(12)8-17(9)13-3-2-10(4-14)5-16-13/h2-3,5,9,11-12,15H,6-8H2,1H3. The van der Waals surface area contributed by atoms with E-state index in [1.807, 2.05) is 12.1 Å². The summed E-state index contributed by atoms with van der Waals surface area (Å²) in [5.74, 6) is 2.50. The van der Waals surface area contributed by atoms with E-state index in [-0.39, 0.29) is 0 Å². The molecule has 0 amide bonds. The van der Waals surface area contributed by atoms with Crippen molar-refractivity contribution in [1.82, 2.24) is 10.3 Å². The number of nitrogens with zero attached hydrogens (tertiary/aromatic N) is 3. The van der Waals surface area contributed by atoms with E-state index < -0.39 is 0 Å². The fourth-order valence-electron chi connectivity index (χ4n) is 3.09. The lowest BCUT2D eigenvalue weighted by Gasteiger charge is -2.25. The Morgan fingerprint density at radius 3 is 3.00 bits per heavy atom. The van der Waals surface area contributed by atoms with E-state index in [2.05, 4.69) is 28.2 Å². The molecule has 0 aliphatic carbocycles. The highest BCUT2D eigenvalue weighted by Gasteiger charge is 2.42. The molecule has 0 aromatic carbocycles. The van der Waals surface area contributed by atoms with E-state index in [0.717, 1.165) is 37.3 Å². The van der Waals surface area contributed by atoms with Gasteiger partial charge in [-0.1, -0.05) is 0 Å². The first-order valence-electron chi connectivity index (χ1n) is 6.13. The summed E-state index contributed by atoms with van der Waals surface area (Å²) >= 11 is 0. The summed E-state index contributed by atoms with van der Waals surface area (Å²) in [6.45, 7) is 5.61. The lowest BCUT2D eigenvalue weighted by molar-refractivity contribution is 0.471. The molecule has 0 bridgehead atoms.